The number of hydrogen-bond donors (Lipinski definition) is 2. The second-order valence-electron chi connectivity index (χ2n) is 4.77. The molecule has 0 amide bonds. The number of halogens is 2. The minimum Gasteiger partial charge on any atom is -0.481 e. The predicted octanol–water partition coefficient (Wildman–Crippen LogP) is 2.56. The van der Waals surface area contributed by atoms with Crippen LogP contribution >= 0.6 is 27.5 Å². The molecule has 9 heteroatoms. The summed E-state index contributed by atoms with van der Waals surface area (Å²) in [6, 6.07) is 4.82. The highest BCUT2D eigenvalue weighted by atomic mass is 79.9. The Labute approximate surface area is 136 Å². The summed E-state index contributed by atoms with van der Waals surface area (Å²) in [6.45, 7) is 0.265. The highest BCUT2D eigenvalue weighted by Gasteiger charge is 2.32. The molecule has 1 saturated heterocycles. The van der Waals surface area contributed by atoms with Gasteiger partial charge in [-0.05, 0) is 31.0 Å². The first-order chi connectivity index (χ1) is 9.79. The number of benzene rings is 1. The number of piperidine rings is 1. The monoisotopic (exact) mass is 396 g/mol. The number of carbonyl (C=O) groups is 1. The number of nitrogens with one attached hydrogen (secondary N) is 1. The molecule has 2 rings (SSSR count). The van der Waals surface area contributed by atoms with Gasteiger partial charge in [-0.3, -0.25) is 9.52 Å². The van der Waals surface area contributed by atoms with Gasteiger partial charge in [0.2, 0.25) is 0 Å². The third kappa shape index (κ3) is 4.09. The highest BCUT2D eigenvalue weighted by molar-refractivity contribution is 9.10. The molecule has 1 aliphatic heterocycles. The molecule has 1 atom stereocenters. The molecule has 1 fully saturated rings. The average molecular weight is 398 g/mol. The Kier molecular flexibility index (Phi) is 5.13. The standard InChI is InChI=1S/C12H14BrClN2O4S/c13-9-3-4-10(14)11(6-9)15-21(19,20)16-5-1-2-8(7-16)12(17)18/h3-4,6,8,15H,1-2,5,7H2,(H,17,18). The molecule has 1 aliphatic rings. The van der Waals surface area contributed by atoms with Crippen LogP contribution in [0, 0.1) is 5.92 Å². The Morgan fingerprint density at radius 1 is 1.48 bits per heavy atom. The van der Waals surface area contributed by atoms with Crippen molar-refractivity contribution in [3.63, 3.8) is 0 Å². The summed E-state index contributed by atoms with van der Waals surface area (Å²) in [4.78, 5) is 11.0. The van der Waals surface area contributed by atoms with Crippen LogP contribution in [0.5, 0.6) is 0 Å². The molecule has 0 aliphatic carbocycles. The van der Waals surface area contributed by atoms with Gasteiger partial charge in [0.1, 0.15) is 0 Å². The van der Waals surface area contributed by atoms with Crippen molar-refractivity contribution in [3.05, 3.63) is 27.7 Å². The Morgan fingerprint density at radius 2 is 2.19 bits per heavy atom. The van der Waals surface area contributed by atoms with E-state index in [2.05, 4.69) is 20.7 Å². The maximum atomic E-state index is 12.3. The number of carboxylic acid groups (broad SMARTS) is 1. The number of rotatable bonds is 4. The quantitative estimate of drug-likeness (QED) is 0.817. The lowest BCUT2D eigenvalue weighted by Crippen LogP contribution is -2.44. The fraction of sp³-hybridized carbons (Fsp3) is 0.417. The van der Waals surface area contributed by atoms with Gasteiger partial charge < -0.3 is 5.11 Å². The Hall–Kier alpha value is -0.830. The molecule has 21 heavy (non-hydrogen) atoms. The maximum Gasteiger partial charge on any atom is 0.307 e. The van der Waals surface area contributed by atoms with Crippen molar-refractivity contribution >= 4 is 49.4 Å². The molecule has 1 aromatic rings. The lowest BCUT2D eigenvalue weighted by Gasteiger charge is -2.30. The minimum absolute atomic E-state index is 0.0315. The SMILES string of the molecule is O=C(O)C1CCCN(S(=O)(=O)Nc2cc(Br)ccc2Cl)C1. The van der Waals surface area contributed by atoms with Crippen LogP contribution in [0.25, 0.3) is 0 Å². The summed E-state index contributed by atoms with van der Waals surface area (Å²) in [6.07, 6.45) is 1.00. The Balaban J connectivity index is 2.18. The van der Waals surface area contributed by atoms with Crippen molar-refractivity contribution < 1.29 is 18.3 Å². The van der Waals surface area contributed by atoms with Crippen LogP contribution in [-0.2, 0) is 15.0 Å². The van der Waals surface area contributed by atoms with E-state index in [0.29, 0.717) is 23.9 Å². The summed E-state index contributed by atoms with van der Waals surface area (Å²) in [5.41, 5.74) is 0.253. The number of carboxylic acids is 1. The molecule has 0 aromatic heterocycles. The zero-order valence-electron chi connectivity index (χ0n) is 10.9. The van der Waals surface area contributed by atoms with Gasteiger partial charge >= 0.3 is 16.2 Å². The molecule has 6 nitrogen and oxygen atoms in total. The normalized spacial score (nSPS) is 20.2. The zero-order valence-corrected chi connectivity index (χ0v) is 14.1. The fourth-order valence-corrected chi connectivity index (χ4v) is 4.04. The van der Waals surface area contributed by atoms with Crippen LogP contribution in [0.3, 0.4) is 0 Å². The first-order valence-corrected chi connectivity index (χ1v) is 8.86. The van der Waals surface area contributed by atoms with E-state index in [9.17, 15) is 13.2 Å². The molecule has 0 radical (unpaired) electrons. The summed E-state index contributed by atoms with van der Waals surface area (Å²) >= 11 is 9.20. The van der Waals surface area contributed by atoms with Gasteiger partial charge in [0.05, 0.1) is 16.6 Å². The topological polar surface area (TPSA) is 86.7 Å². The first-order valence-electron chi connectivity index (χ1n) is 6.25. The van der Waals surface area contributed by atoms with Gasteiger partial charge in [-0.2, -0.15) is 12.7 Å². The van der Waals surface area contributed by atoms with Gasteiger partial charge in [0.15, 0.2) is 0 Å². The Morgan fingerprint density at radius 3 is 2.86 bits per heavy atom. The Bertz CT molecular complexity index is 653. The summed E-state index contributed by atoms with van der Waals surface area (Å²) in [5.74, 6) is -1.65. The lowest BCUT2D eigenvalue weighted by atomic mass is 10.0. The number of aliphatic carboxylic acids is 1. The van der Waals surface area contributed by atoms with E-state index >= 15 is 0 Å². The molecule has 2 N–H and O–H groups in total. The second kappa shape index (κ2) is 6.51. The van der Waals surface area contributed by atoms with Crippen molar-refractivity contribution in [2.45, 2.75) is 12.8 Å². The summed E-state index contributed by atoms with van der Waals surface area (Å²) in [5, 5.41) is 9.29. The van der Waals surface area contributed by atoms with Crippen molar-refractivity contribution in [1.29, 1.82) is 0 Å². The maximum absolute atomic E-state index is 12.3. The van der Waals surface area contributed by atoms with E-state index in [-0.39, 0.29) is 17.3 Å². The van der Waals surface area contributed by atoms with E-state index in [0.717, 1.165) is 4.31 Å². The van der Waals surface area contributed by atoms with Crippen molar-refractivity contribution in [1.82, 2.24) is 4.31 Å². The third-order valence-electron chi connectivity index (χ3n) is 3.24. The molecule has 1 aromatic carbocycles. The van der Waals surface area contributed by atoms with Gasteiger partial charge in [-0.25, -0.2) is 0 Å². The predicted molar refractivity (Wildman–Crippen MR) is 83.6 cm³/mol. The molecule has 1 unspecified atom stereocenters. The molecular weight excluding hydrogens is 384 g/mol. The molecule has 116 valence electrons. The van der Waals surface area contributed by atoms with Crippen molar-refractivity contribution in [2.24, 2.45) is 5.92 Å². The van der Waals surface area contributed by atoms with E-state index < -0.39 is 22.1 Å². The third-order valence-corrected chi connectivity index (χ3v) is 5.55. The smallest absolute Gasteiger partial charge is 0.307 e. The fourth-order valence-electron chi connectivity index (χ4n) is 2.14. The van der Waals surface area contributed by atoms with Crippen LogP contribution in [0.1, 0.15) is 12.8 Å². The average Bonchev–Trinajstić information content (AvgIpc) is 2.43. The highest BCUT2D eigenvalue weighted by Crippen LogP contribution is 2.28. The molecular formula is C12H14BrClN2O4S. The van der Waals surface area contributed by atoms with Gasteiger partial charge in [-0.15, -0.1) is 0 Å². The first kappa shape index (κ1) is 16.5. The van der Waals surface area contributed by atoms with Gasteiger partial charge in [-0.1, -0.05) is 27.5 Å². The minimum atomic E-state index is -3.83. The lowest BCUT2D eigenvalue weighted by molar-refractivity contribution is -0.142. The number of anilines is 1. The van der Waals surface area contributed by atoms with Gasteiger partial charge in [0, 0.05) is 17.6 Å². The van der Waals surface area contributed by atoms with E-state index in [1.807, 2.05) is 0 Å². The molecule has 1 heterocycles. The number of hydrogen-bond acceptors (Lipinski definition) is 3. The zero-order chi connectivity index (χ0) is 15.6. The van der Waals surface area contributed by atoms with Crippen LogP contribution in [0.2, 0.25) is 5.02 Å². The van der Waals surface area contributed by atoms with Crippen molar-refractivity contribution in [3.8, 4) is 0 Å². The van der Waals surface area contributed by atoms with Crippen LogP contribution < -0.4 is 4.72 Å². The van der Waals surface area contributed by atoms with Crippen LogP contribution in [0.4, 0.5) is 5.69 Å². The number of nitrogens with zero attached hydrogens (tertiary/aromatic N) is 1. The molecule has 0 bridgehead atoms. The largest absolute Gasteiger partial charge is 0.481 e. The van der Waals surface area contributed by atoms with Crippen LogP contribution in [-0.4, -0.2) is 36.9 Å². The molecule has 0 saturated carbocycles. The van der Waals surface area contributed by atoms with Gasteiger partial charge in [0.25, 0.3) is 0 Å². The molecule has 0 spiro atoms. The van der Waals surface area contributed by atoms with Crippen LogP contribution in [0.15, 0.2) is 22.7 Å². The summed E-state index contributed by atoms with van der Waals surface area (Å²) < 4.78 is 28.9. The summed E-state index contributed by atoms with van der Waals surface area (Å²) in [7, 11) is -3.83. The van der Waals surface area contributed by atoms with E-state index in [1.54, 1.807) is 18.2 Å². The second-order valence-corrected chi connectivity index (χ2v) is 7.76. The van der Waals surface area contributed by atoms with E-state index in [1.165, 1.54) is 0 Å². The van der Waals surface area contributed by atoms with Crippen molar-refractivity contribution in [2.75, 3.05) is 17.8 Å². The van der Waals surface area contributed by atoms with E-state index in [4.69, 9.17) is 16.7 Å².